The number of aromatic nitrogens is 2. The van der Waals surface area contributed by atoms with Crippen LogP contribution in [0.15, 0.2) is 42.5 Å². The van der Waals surface area contributed by atoms with Gasteiger partial charge in [0.1, 0.15) is 0 Å². The van der Waals surface area contributed by atoms with E-state index in [0.29, 0.717) is 5.88 Å². The van der Waals surface area contributed by atoms with Crippen LogP contribution in [0.2, 0.25) is 0 Å². The summed E-state index contributed by atoms with van der Waals surface area (Å²) in [6, 6.07) is 14.0. The maximum absolute atomic E-state index is 5.69. The molecule has 0 spiro atoms. The second kappa shape index (κ2) is 5.64. The number of alkyl halides is 1. The smallest absolute Gasteiger partial charge is 0.155 e. The second-order valence-electron chi connectivity index (χ2n) is 3.60. The Morgan fingerprint density at radius 1 is 1.06 bits per heavy atom. The molecule has 4 heteroatoms. The number of nitrogens with zero attached hydrogens (tertiary/aromatic N) is 3. The highest BCUT2D eigenvalue weighted by Crippen LogP contribution is 2.22. The molecule has 17 heavy (non-hydrogen) atoms. The number of benzene rings is 1. The van der Waals surface area contributed by atoms with E-state index in [1.54, 1.807) is 0 Å². The van der Waals surface area contributed by atoms with Gasteiger partial charge in [0, 0.05) is 12.2 Å². The lowest BCUT2D eigenvalue weighted by Gasteiger charge is -2.21. The fraction of sp³-hybridized carbons (Fsp3) is 0.231. The summed E-state index contributed by atoms with van der Waals surface area (Å²) in [5.41, 5.74) is 1.91. The molecule has 2 aromatic rings. The molecule has 0 N–H and O–H groups in total. The van der Waals surface area contributed by atoms with Crippen molar-refractivity contribution in [2.75, 3.05) is 11.4 Å². The Balaban J connectivity index is 2.29. The topological polar surface area (TPSA) is 29.0 Å². The van der Waals surface area contributed by atoms with Crippen LogP contribution in [0.1, 0.15) is 12.6 Å². The summed E-state index contributed by atoms with van der Waals surface area (Å²) in [7, 11) is 0. The molecule has 0 fully saturated rings. The van der Waals surface area contributed by atoms with Crippen molar-refractivity contribution in [1.82, 2.24) is 10.2 Å². The highest BCUT2D eigenvalue weighted by Gasteiger charge is 2.08. The number of hydrogen-bond donors (Lipinski definition) is 0. The van der Waals surface area contributed by atoms with Crippen molar-refractivity contribution >= 4 is 23.1 Å². The van der Waals surface area contributed by atoms with Gasteiger partial charge in [-0.1, -0.05) is 18.2 Å². The minimum atomic E-state index is 0.394. The van der Waals surface area contributed by atoms with Gasteiger partial charge in [0.25, 0.3) is 0 Å². The second-order valence-corrected chi connectivity index (χ2v) is 3.86. The van der Waals surface area contributed by atoms with Gasteiger partial charge in [0.2, 0.25) is 0 Å². The van der Waals surface area contributed by atoms with Crippen LogP contribution in [0.3, 0.4) is 0 Å². The van der Waals surface area contributed by atoms with Crippen LogP contribution in [0.25, 0.3) is 0 Å². The van der Waals surface area contributed by atoms with Gasteiger partial charge < -0.3 is 4.90 Å². The average Bonchev–Trinajstić information content (AvgIpc) is 2.42. The van der Waals surface area contributed by atoms with E-state index in [2.05, 4.69) is 34.2 Å². The molecule has 0 aliphatic carbocycles. The quantitative estimate of drug-likeness (QED) is 0.776. The molecule has 88 valence electrons. The van der Waals surface area contributed by atoms with Crippen LogP contribution in [-0.2, 0) is 5.88 Å². The van der Waals surface area contributed by atoms with Gasteiger partial charge in [-0.2, -0.15) is 5.10 Å². The molecule has 3 nitrogen and oxygen atoms in total. The van der Waals surface area contributed by atoms with Crippen molar-refractivity contribution in [3.05, 3.63) is 48.2 Å². The van der Waals surface area contributed by atoms with E-state index in [4.69, 9.17) is 11.6 Å². The molecule has 1 aromatic carbocycles. The third kappa shape index (κ3) is 2.74. The first kappa shape index (κ1) is 11.9. The molecule has 1 aromatic heterocycles. The molecular weight excluding hydrogens is 234 g/mol. The van der Waals surface area contributed by atoms with Crippen LogP contribution >= 0.6 is 11.6 Å². The largest absolute Gasteiger partial charge is 0.325 e. The molecule has 0 unspecified atom stereocenters. The lowest BCUT2D eigenvalue weighted by Crippen LogP contribution is -2.17. The van der Waals surface area contributed by atoms with Crippen molar-refractivity contribution < 1.29 is 0 Å². The van der Waals surface area contributed by atoms with Crippen LogP contribution in [0.4, 0.5) is 11.5 Å². The molecule has 0 radical (unpaired) electrons. The zero-order valence-electron chi connectivity index (χ0n) is 9.68. The van der Waals surface area contributed by atoms with E-state index in [0.717, 1.165) is 23.7 Å². The number of halogens is 1. The van der Waals surface area contributed by atoms with Crippen LogP contribution in [0.5, 0.6) is 0 Å². The van der Waals surface area contributed by atoms with Gasteiger partial charge in [-0.05, 0) is 31.2 Å². The summed E-state index contributed by atoms with van der Waals surface area (Å²) < 4.78 is 0. The first-order valence-electron chi connectivity index (χ1n) is 5.56. The number of hydrogen-bond acceptors (Lipinski definition) is 3. The van der Waals surface area contributed by atoms with Gasteiger partial charge >= 0.3 is 0 Å². The zero-order valence-corrected chi connectivity index (χ0v) is 10.4. The first-order chi connectivity index (χ1) is 8.35. The maximum atomic E-state index is 5.69. The van der Waals surface area contributed by atoms with E-state index in [-0.39, 0.29) is 0 Å². The number of rotatable bonds is 4. The van der Waals surface area contributed by atoms with Gasteiger partial charge in [-0.25, -0.2) is 0 Å². The van der Waals surface area contributed by atoms with Gasteiger partial charge in [-0.15, -0.1) is 16.7 Å². The summed E-state index contributed by atoms with van der Waals surface area (Å²) in [6.45, 7) is 2.93. The van der Waals surface area contributed by atoms with Crippen molar-refractivity contribution in [3.63, 3.8) is 0 Å². The standard InChI is InChI=1S/C13H14ClN3/c1-2-17(12-6-4-3-5-7-12)13-9-8-11(10-14)15-16-13/h3-9H,2,10H2,1H3. The number of para-hydroxylation sites is 1. The zero-order chi connectivity index (χ0) is 12.1. The normalized spacial score (nSPS) is 10.2. The van der Waals surface area contributed by atoms with E-state index in [1.807, 2.05) is 30.3 Å². The monoisotopic (exact) mass is 247 g/mol. The maximum Gasteiger partial charge on any atom is 0.155 e. The lowest BCUT2D eigenvalue weighted by molar-refractivity contribution is 0.907. The molecule has 0 saturated carbocycles. The van der Waals surface area contributed by atoms with Crippen molar-refractivity contribution in [2.24, 2.45) is 0 Å². The summed E-state index contributed by atoms with van der Waals surface area (Å²) in [5.74, 6) is 1.23. The Morgan fingerprint density at radius 2 is 1.82 bits per heavy atom. The van der Waals surface area contributed by atoms with E-state index >= 15 is 0 Å². The van der Waals surface area contributed by atoms with Gasteiger partial charge in [0.05, 0.1) is 11.6 Å². The molecule has 0 amide bonds. The van der Waals surface area contributed by atoms with Crippen LogP contribution in [-0.4, -0.2) is 16.7 Å². The van der Waals surface area contributed by atoms with Crippen LogP contribution in [0, 0.1) is 0 Å². The molecule has 0 saturated heterocycles. The van der Waals surface area contributed by atoms with E-state index in [1.165, 1.54) is 0 Å². The van der Waals surface area contributed by atoms with Gasteiger partial charge in [-0.3, -0.25) is 0 Å². The Labute approximate surface area is 106 Å². The molecule has 2 rings (SSSR count). The molecule has 0 bridgehead atoms. The molecule has 0 aliphatic rings. The SMILES string of the molecule is CCN(c1ccccc1)c1ccc(CCl)nn1. The van der Waals surface area contributed by atoms with E-state index in [9.17, 15) is 0 Å². The summed E-state index contributed by atoms with van der Waals surface area (Å²) >= 11 is 5.69. The fourth-order valence-corrected chi connectivity index (χ4v) is 1.80. The lowest BCUT2D eigenvalue weighted by atomic mass is 10.3. The first-order valence-corrected chi connectivity index (χ1v) is 6.09. The highest BCUT2D eigenvalue weighted by atomic mass is 35.5. The highest BCUT2D eigenvalue weighted by molar-refractivity contribution is 6.16. The molecular formula is C13H14ClN3. The minimum absolute atomic E-state index is 0.394. The average molecular weight is 248 g/mol. The van der Waals surface area contributed by atoms with Gasteiger partial charge in [0.15, 0.2) is 5.82 Å². The summed E-state index contributed by atoms with van der Waals surface area (Å²) in [6.07, 6.45) is 0. The summed E-state index contributed by atoms with van der Waals surface area (Å²) in [5, 5.41) is 8.26. The molecule has 0 atom stereocenters. The van der Waals surface area contributed by atoms with Crippen LogP contribution < -0.4 is 4.90 Å². The van der Waals surface area contributed by atoms with E-state index < -0.39 is 0 Å². The Bertz CT molecular complexity index is 456. The molecule has 0 aliphatic heterocycles. The Kier molecular flexibility index (Phi) is 3.94. The molecule has 1 heterocycles. The third-order valence-corrected chi connectivity index (χ3v) is 2.78. The van der Waals surface area contributed by atoms with Crippen molar-refractivity contribution in [1.29, 1.82) is 0 Å². The van der Waals surface area contributed by atoms with Crippen molar-refractivity contribution in [3.8, 4) is 0 Å². The minimum Gasteiger partial charge on any atom is -0.325 e. The Hall–Kier alpha value is -1.61. The predicted molar refractivity (Wildman–Crippen MR) is 70.7 cm³/mol. The fourth-order valence-electron chi connectivity index (χ4n) is 1.65. The summed E-state index contributed by atoms with van der Waals surface area (Å²) in [4.78, 5) is 2.10. The van der Waals surface area contributed by atoms with Crippen molar-refractivity contribution in [2.45, 2.75) is 12.8 Å². The number of anilines is 2. The predicted octanol–water partition coefficient (Wildman–Crippen LogP) is 3.37. The third-order valence-electron chi connectivity index (χ3n) is 2.50. The Morgan fingerprint density at radius 3 is 2.35 bits per heavy atom.